The lowest BCUT2D eigenvalue weighted by Crippen LogP contribution is -2.32. The minimum atomic E-state index is -3.55. The van der Waals surface area contributed by atoms with Gasteiger partial charge in [0.2, 0.25) is 5.91 Å². The molecule has 0 saturated heterocycles. The Balaban J connectivity index is 2.89. The second-order valence-corrected chi connectivity index (χ2v) is 7.04. The van der Waals surface area contributed by atoms with Crippen LogP contribution in [0, 0.1) is 6.92 Å². The van der Waals surface area contributed by atoms with Crippen LogP contribution < -0.4 is 0 Å². The molecule has 116 valence electrons. The maximum absolute atomic E-state index is 12.4. The fourth-order valence-electron chi connectivity index (χ4n) is 1.62. The molecule has 1 rings (SSSR count). The van der Waals surface area contributed by atoms with Gasteiger partial charge in [-0.05, 0) is 32.1 Å². The monoisotopic (exact) mass is 310 g/mol. The van der Waals surface area contributed by atoms with Crippen molar-refractivity contribution in [3.8, 4) is 0 Å². The smallest absolute Gasteiger partial charge is 0.263 e. The summed E-state index contributed by atoms with van der Waals surface area (Å²) in [6.45, 7) is 5.20. The number of carbonyl (C=O) groups is 1. The van der Waals surface area contributed by atoms with Gasteiger partial charge in [-0.1, -0.05) is 17.7 Å². The molecule has 5 nitrogen and oxygen atoms in total. The van der Waals surface area contributed by atoms with Crippen molar-refractivity contribution in [3.05, 3.63) is 42.1 Å². The number of likely N-dealkylation sites (N-methyl/N-ethyl adjacent to an activating group) is 1. The van der Waals surface area contributed by atoms with E-state index in [2.05, 4.69) is 0 Å². The number of hydrogen-bond acceptors (Lipinski definition) is 3. The highest BCUT2D eigenvalue weighted by molar-refractivity contribution is 7.89. The van der Waals surface area contributed by atoms with Crippen molar-refractivity contribution in [1.82, 2.24) is 9.21 Å². The van der Waals surface area contributed by atoms with Gasteiger partial charge in [0.15, 0.2) is 0 Å². The summed E-state index contributed by atoms with van der Waals surface area (Å²) in [6.07, 6.45) is 3.15. The zero-order valence-electron chi connectivity index (χ0n) is 13.1. The summed E-state index contributed by atoms with van der Waals surface area (Å²) in [7, 11) is -0.403. The molecule has 0 heterocycles. The molecule has 1 amide bonds. The molecule has 0 aromatic heterocycles. The van der Waals surface area contributed by atoms with Gasteiger partial charge in [0.1, 0.15) is 0 Å². The molecule has 0 aliphatic heterocycles. The third kappa shape index (κ3) is 4.32. The van der Waals surface area contributed by atoms with Gasteiger partial charge in [-0.3, -0.25) is 9.10 Å². The Bertz CT molecular complexity index is 621. The van der Waals surface area contributed by atoms with Gasteiger partial charge in [-0.15, -0.1) is 0 Å². The molecule has 0 aliphatic rings. The molecule has 1 unspecified atom stereocenters. The van der Waals surface area contributed by atoms with Gasteiger partial charge in [-0.2, -0.15) is 0 Å². The number of sulfonamides is 1. The first-order valence-electron chi connectivity index (χ1n) is 6.62. The number of nitrogens with zero attached hydrogens (tertiary/aromatic N) is 2. The summed E-state index contributed by atoms with van der Waals surface area (Å²) in [5.41, 5.74) is 1.00. The molecule has 1 aromatic carbocycles. The van der Waals surface area contributed by atoms with E-state index in [1.807, 2.05) is 13.8 Å². The van der Waals surface area contributed by atoms with Gasteiger partial charge >= 0.3 is 0 Å². The van der Waals surface area contributed by atoms with E-state index in [0.717, 1.165) is 9.87 Å². The van der Waals surface area contributed by atoms with Gasteiger partial charge in [0.05, 0.1) is 4.90 Å². The van der Waals surface area contributed by atoms with Crippen LogP contribution >= 0.6 is 0 Å². The Hall–Kier alpha value is -1.82. The molecule has 6 heteroatoms. The van der Waals surface area contributed by atoms with E-state index < -0.39 is 10.0 Å². The fraction of sp³-hybridized carbons (Fsp3) is 0.400. The molecule has 1 atom stereocenters. The Kier molecular flexibility index (Phi) is 5.54. The highest BCUT2D eigenvalue weighted by atomic mass is 32.2. The first kappa shape index (κ1) is 17.2. The molecule has 0 aliphatic carbocycles. The van der Waals surface area contributed by atoms with Crippen molar-refractivity contribution >= 4 is 15.9 Å². The summed E-state index contributed by atoms with van der Waals surface area (Å²) in [5.74, 6) is -0.0730. The van der Waals surface area contributed by atoms with Crippen molar-refractivity contribution in [2.75, 3.05) is 14.1 Å². The summed E-state index contributed by atoms with van der Waals surface area (Å²) < 4.78 is 25.9. The predicted molar refractivity (Wildman–Crippen MR) is 83.2 cm³/mol. The Morgan fingerprint density at radius 1 is 1.19 bits per heavy atom. The van der Waals surface area contributed by atoms with E-state index in [1.165, 1.54) is 25.1 Å². The summed E-state index contributed by atoms with van der Waals surface area (Å²) in [5, 5.41) is 0. The number of rotatable bonds is 5. The van der Waals surface area contributed by atoms with E-state index in [4.69, 9.17) is 0 Å². The average Bonchev–Trinajstić information content (AvgIpc) is 2.43. The third-order valence-corrected chi connectivity index (χ3v) is 5.13. The van der Waals surface area contributed by atoms with E-state index >= 15 is 0 Å². The maximum Gasteiger partial charge on any atom is 0.263 e. The second kappa shape index (κ2) is 6.76. The maximum atomic E-state index is 12.4. The quantitative estimate of drug-likeness (QED) is 0.836. The summed E-state index contributed by atoms with van der Waals surface area (Å²) >= 11 is 0. The van der Waals surface area contributed by atoms with Gasteiger partial charge in [-0.25, -0.2) is 8.42 Å². The fourth-order valence-corrected chi connectivity index (χ4v) is 2.66. The van der Waals surface area contributed by atoms with Crippen LogP contribution in [-0.4, -0.2) is 43.7 Å². The van der Waals surface area contributed by atoms with E-state index in [1.54, 1.807) is 37.4 Å². The minimum absolute atomic E-state index is 0.0730. The highest BCUT2D eigenvalue weighted by Gasteiger charge is 2.18. The van der Waals surface area contributed by atoms with Crippen LogP contribution in [0.5, 0.6) is 0 Å². The normalized spacial score (nSPS) is 13.2. The largest absolute Gasteiger partial charge is 0.340 e. The third-order valence-electron chi connectivity index (χ3n) is 3.38. The van der Waals surface area contributed by atoms with Crippen LogP contribution in [-0.2, 0) is 14.8 Å². The summed E-state index contributed by atoms with van der Waals surface area (Å²) in [4.78, 5) is 13.0. The summed E-state index contributed by atoms with van der Waals surface area (Å²) in [6, 6.07) is 6.51. The van der Waals surface area contributed by atoms with Crippen molar-refractivity contribution in [1.29, 1.82) is 0 Å². The molecule has 0 spiro atoms. The van der Waals surface area contributed by atoms with Crippen LogP contribution in [0.1, 0.15) is 19.4 Å². The molecule has 21 heavy (non-hydrogen) atoms. The number of aryl methyl sites for hydroxylation is 1. The molecular formula is C15H22N2O3S. The van der Waals surface area contributed by atoms with Gasteiger partial charge < -0.3 is 4.90 Å². The van der Waals surface area contributed by atoms with Crippen molar-refractivity contribution < 1.29 is 13.2 Å². The molecule has 0 N–H and O–H groups in total. The van der Waals surface area contributed by atoms with Crippen LogP contribution in [0.25, 0.3) is 0 Å². The van der Waals surface area contributed by atoms with Gasteiger partial charge in [0.25, 0.3) is 10.0 Å². The Labute approximate surface area is 126 Å². The number of hydrogen-bond donors (Lipinski definition) is 0. The Morgan fingerprint density at radius 2 is 1.71 bits per heavy atom. The molecular weight excluding hydrogens is 288 g/mol. The topological polar surface area (TPSA) is 57.7 Å². The lowest BCUT2D eigenvalue weighted by atomic mass is 10.2. The zero-order valence-corrected chi connectivity index (χ0v) is 13.9. The average molecular weight is 310 g/mol. The van der Waals surface area contributed by atoms with Crippen LogP contribution in [0.15, 0.2) is 41.4 Å². The van der Waals surface area contributed by atoms with E-state index in [-0.39, 0.29) is 16.8 Å². The molecule has 0 saturated carbocycles. The first-order chi connectivity index (χ1) is 9.66. The second-order valence-electron chi connectivity index (χ2n) is 5.05. The van der Waals surface area contributed by atoms with Gasteiger partial charge in [0, 0.05) is 33.3 Å². The SMILES string of the molecule is CC(=O)N(C)C(C)/C=C\N(C)S(=O)(=O)c1ccc(C)cc1. The number of benzene rings is 1. The van der Waals surface area contributed by atoms with Crippen molar-refractivity contribution in [2.24, 2.45) is 0 Å². The van der Waals surface area contributed by atoms with Crippen molar-refractivity contribution in [2.45, 2.75) is 31.7 Å². The lowest BCUT2D eigenvalue weighted by molar-refractivity contribution is -0.128. The minimum Gasteiger partial charge on any atom is -0.340 e. The molecule has 0 radical (unpaired) electrons. The molecule has 0 bridgehead atoms. The van der Waals surface area contributed by atoms with E-state index in [0.29, 0.717) is 0 Å². The van der Waals surface area contributed by atoms with Crippen molar-refractivity contribution in [3.63, 3.8) is 0 Å². The van der Waals surface area contributed by atoms with E-state index in [9.17, 15) is 13.2 Å². The molecule has 0 fully saturated rings. The first-order valence-corrected chi connectivity index (χ1v) is 8.06. The zero-order chi connectivity index (χ0) is 16.2. The highest BCUT2D eigenvalue weighted by Crippen LogP contribution is 2.15. The molecule has 1 aromatic rings. The van der Waals surface area contributed by atoms with Crippen LogP contribution in [0.4, 0.5) is 0 Å². The van der Waals surface area contributed by atoms with Crippen LogP contribution in [0.3, 0.4) is 0 Å². The van der Waals surface area contributed by atoms with Crippen LogP contribution in [0.2, 0.25) is 0 Å². The number of carbonyl (C=O) groups excluding carboxylic acids is 1. The predicted octanol–water partition coefficient (Wildman–Crippen LogP) is 2.00. The lowest BCUT2D eigenvalue weighted by Gasteiger charge is -2.21. The standard InChI is InChI=1S/C15H22N2O3S/c1-12-6-8-15(9-7-12)21(19,20)16(4)11-10-13(2)17(5)14(3)18/h6-11,13H,1-5H3/b11-10-. The number of amides is 1. The Morgan fingerprint density at radius 3 is 2.19 bits per heavy atom.